The third kappa shape index (κ3) is 2.40. The Balaban J connectivity index is 2.35. The van der Waals surface area contributed by atoms with Crippen molar-refractivity contribution in [2.75, 3.05) is 0 Å². The standard InChI is InChI=1S/C12H15BrN2/c1-7-5-9(6-8(2)11(7)13)12(14)15-10-3-4-10/h5-6,10H,3-4H2,1-2H3,(H2,14,15). The number of aliphatic imine (C=N–C) groups is 1. The van der Waals surface area contributed by atoms with E-state index in [1.807, 2.05) is 0 Å². The van der Waals surface area contributed by atoms with E-state index in [-0.39, 0.29) is 0 Å². The van der Waals surface area contributed by atoms with E-state index in [0.717, 1.165) is 10.0 Å². The molecule has 0 unspecified atom stereocenters. The first-order chi connectivity index (χ1) is 7.08. The number of halogens is 1. The summed E-state index contributed by atoms with van der Waals surface area (Å²) in [7, 11) is 0. The monoisotopic (exact) mass is 266 g/mol. The van der Waals surface area contributed by atoms with Crippen molar-refractivity contribution in [1.82, 2.24) is 0 Å². The molecular weight excluding hydrogens is 252 g/mol. The van der Waals surface area contributed by atoms with E-state index in [4.69, 9.17) is 5.73 Å². The molecular formula is C12H15BrN2. The number of amidine groups is 1. The lowest BCUT2D eigenvalue weighted by atomic mass is 10.1. The summed E-state index contributed by atoms with van der Waals surface area (Å²) in [5.41, 5.74) is 9.41. The van der Waals surface area contributed by atoms with Gasteiger partial charge < -0.3 is 5.73 Å². The predicted molar refractivity (Wildman–Crippen MR) is 67.4 cm³/mol. The van der Waals surface area contributed by atoms with E-state index in [1.165, 1.54) is 24.0 Å². The molecule has 15 heavy (non-hydrogen) atoms. The average molecular weight is 267 g/mol. The Morgan fingerprint density at radius 1 is 1.33 bits per heavy atom. The second-order valence-corrected chi connectivity index (χ2v) is 4.96. The van der Waals surface area contributed by atoms with Crippen LogP contribution in [-0.4, -0.2) is 11.9 Å². The van der Waals surface area contributed by atoms with Crippen LogP contribution in [0.1, 0.15) is 29.5 Å². The van der Waals surface area contributed by atoms with Gasteiger partial charge in [-0.05, 0) is 49.9 Å². The fourth-order valence-corrected chi connectivity index (χ4v) is 1.80. The Bertz CT molecular complexity index is 397. The third-order valence-corrected chi connectivity index (χ3v) is 3.85. The third-order valence-electron chi connectivity index (χ3n) is 2.60. The van der Waals surface area contributed by atoms with Crippen LogP contribution in [0, 0.1) is 13.8 Å². The quantitative estimate of drug-likeness (QED) is 0.649. The summed E-state index contributed by atoms with van der Waals surface area (Å²) >= 11 is 3.54. The summed E-state index contributed by atoms with van der Waals surface area (Å²) in [6.45, 7) is 4.15. The second kappa shape index (κ2) is 3.97. The maximum absolute atomic E-state index is 5.96. The molecule has 1 saturated carbocycles. The van der Waals surface area contributed by atoms with Gasteiger partial charge in [0.25, 0.3) is 0 Å². The van der Waals surface area contributed by atoms with Gasteiger partial charge in [0.1, 0.15) is 5.84 Å². The first-order valence-corrected chi connectivity index (χ1v) is 5.97. The van der Waals surface area contributed by atoms with E-state index in [1.54, 1.807) is 0 Å². The fraction of sp³-hybridized carbons (Fsp3) is 0.417. The van der Waals surface area contributed by atoms with Crippen LogP contribution >= 0.6 is 15.9 Å². The highest BCUT2D eigenvalue weighted by molar-refractivity contribution is 9.10. The molecule has 0 heterocycles. The molecule has 1 aliphatic carbocycles. The van der Waals surface area contributed by atoms with Crippen LogP contribution in [0.5, 0.6) is 0 Å². The maximum Gasteiger partial charge on any atom is 0.125 e. The molecule has 2 nitrogen and oxygen atoms in total. The van der Waals surface area contributed by atoms with Crippen LogP contribution in [0.2, 0.25) is 0 Å². The van der Waals surface area contributed by atoms with Crippen LogP contribution < -0.4 is 5.73 Å². The van der Waals surface area contributed by atoms with Crippen LogP contribution in [0.3, 0.4) is 0 Å². The summed E-state index contributed by atoms with van der Waals surface area (Å²) in [6.07, 6.45) is 2.38. The number of hydrogen-bond donors (Lipinski definition) is 1. The maximum atomic E-state index is 5.96. The Hall–Kier alpha value is -0.830. The first-order valence-electron chi connectivity index (χ1n) is 5.18. The molecule has 0 aromatic heterocycles. The molecule has 0 spiro atoms. The Morgan fingerprint density at radius 2 is 1.87 bits per heavy atom. The molecule has 0 radical (unpaired) electrons. The van der Waals surface area contributed by atoms with E-state index in [0.29, 0.717) is 11.9 Å². The van der Waals surface area contributed by atoms with Crippen molar-refractivity contribution in [2.24, 2.45) is 10.7 Å². The Morgan fingerprint density at radius 3 is 2.33 bits per heavy atom. The fourth-order valence-electron chi connectivity index (χ4n) is 1.57. The number of hydrogen-bond acceptors (Lipinski definition) is 1. The summed E-state index contributed by atoms with van der Waals surface area (Å²) in [5.74, 6) is 0.677. The summed E-state index contributed by atoms with van der Waals surface area (Å²) in [4.78, 5) is 4.45. The molecule has 1 aliphatic rings. The predicted octanol–water partition coefficient (Wildman–Crippen LogP) is 2.93. The van der Waals surface area contributed by atoms with Crippen molar-refractivity contribution in [3.63, 3.8) is 0 Å². The molecule has 0 atom stereocenters. The topological polar surface area (TPSA) is 38.4 Å². The zero-order valence-electron chi connectivity index (χ0n) is 9.05. The SMILES string of the molecule is Cc1cc(C(N)=NC2CC2)cc(C)c1Br. The van der Waals surface area contributed by atoms with Gasteiger partial charge in [-0.25, -0.2) is 0 Å². The van der Waals surface area contributed by atoms with Crippen molar-refractivity contribution in [3.8, 4) is 0 Å². The van der Waals surface area contributed by atoms with Crippen molar-refractivity contribution >= 4 is 21.8 Å². The molecule has 3 heteroatoms. The molecule has 0 aliphatic heterocycles. The highest BCUT2D eigenvalue weighted by atomic mass is 79.9. The van der Waals surface area contributed by atoms with Gasteiger partial charge in [-0.2, -0.15) is 0 Å². The van der Waals surface area contributed by atoms with Crippen molar-refractivity contribution in [3.05, 3.63) is 33.3 Å². The lowest BCUT2D eigenvalue weighted by Gasteiger charge is -2.07. The molecule has 0 bridgehead atoms. The van der Waals surface area contributed by atoms with Crippen LogP contribution in [-0.2, 0) is 0 Å². The minimum atomic E-state index is 0.481. The van der Waals surface area contributed by atoms with Gasteiger partial charge in [-0.1, -0.05) is 15.9 Å². The molecule has 0 amide bonds. The zero-order valence-corrected chi connectivity index (χ0v) is 10.6. The molecule has 1 fully saturated rings. The average Bonchev–Trinajstić information content (AvgIpc) is 2.97. The highest BCUT2D eigenvalue weighted by Gasteiger charge is 2.20. The normalized spacial score (nSPS) is 16.9. The minimum absolute atomic E-state index is 0.481. The van der Waals surface area contributed by atoms with Gasteiger partial charge in [-0.3, -0.25) is 4.99 Å². The van der Waals surface area contributed by atoms with E-state index < -0.39 is 0 Å². The number of rotatable bonds is 2. The molecule has 1 aromatic rings. The van der Waals surface area contributed by atoms with Gasteiger partial charge >= 0.3 is 0 Å². The smallest absolute Gasteiger partial charge is 0.125 e. The van der Waals surface area contributed by atoms with Gasteiger partial charge in [0.15, 0.2) is 0 Å². The van der Waals surface area contributed by atoms with Gasteiger partial charge in [-0.15, -0.1) is 0 Å². The first kappa shape index (κ1) is 10.7. The summed E-state index contributed by atoms with van der Waals surface area (Å²) in [6, 6.07) is 4.64. The van der Waals surface area contributed by atoms with Gasteiger partial charge in [0, 0.05) is 10.0 Å². The minimum Gasteiger partial charge on any atom is -0.383 e. The lowest BCUT2D eigenvalue weighted by molar-refractivity contribution is 1.06. The van der Waals surface area contributed by atoms with Gasteiger partial charge in [0.2, 0.25) is 0 Å². The molecule has 2 N–H and O–H groups in total. The summed E-state index contributed by atoms with van der Waals surface area (Å²) in [5, 5.41) is 0. The van der Waals surface area contributed by atoms with E-state index in [9.17, 15) is 0 Å². The molecule has 1 aromatic carbocycles. The van der Waals surface area contributed by atoms with Crippen LogP contribution in [0.25, 0.3) is 0 Å². The number of nitrogens with zero attached hydrogens (tertiary/aromatic N) is 1. The summed E-state index contributed by atoms with van der Waals surface area (Å²) < 4.78 is 1.16. The zero-order chi connectivity index (χ0) is 11.0. The lowest BCUT2D eigenvalue weighted by Crippen LogP contribution is -2.14. The number of aryl methyl sites for hydroxylation is 2. The van der Waals surface area contributed by atoms with E-state index in [2.05, 4.69) is 46.9 Å². The van der Waals surface area contributed by atoms with Crippen molar-refractivity contribution in [1.29, 1.82) is 0 Å². The highest BCUT2D eigenvalue weighted by Crippen LogP contribution is 2.25. The molecule has 0 saturated heterocycles. The van der Waals surface area contributed by atoms with Crippen LogP contribution in [0.15, 0.2) is 21.6 Å². The largest absolute Gasteiger partial charge is 0.383 e. The Kier molecular flexibility index (Phi) is 2.83. The number of nitrogens with two attached hydrogens (primary N) is 1. The van der Waals surface area contributed by atoms with E-state index >= 15 is 0 Å². The molecule has 80 valence electrons. The molecule has 2 rings (SSSR count). The Labute approximate surface area is 98.7 Å². The van der Waals surface area contributed by atoms with Crippen molar-refractivity contribution in [2.45, 2.75) is 32.7 Å². The van der Waals surface area contributed by atoms with Gasteiger partial charge in [0.05, 0.1) is 6.04 Å². The van der Waals surface area contributed by atoms with Crippen molar-refractivity contribution < 1.29 is 0 Å². The number of benzene rings is 1. The second-order valence-electron chi connectivity index (χ2n) is 4.17. The van der Waals surface area contributed by atoms with Crippen LogP contribution in [0.4, 0.5) is 0 Å².